The van der Waals surface area contributed by atoms with Crippen LogP contribution in [0.4, 0.5) is 0 Å². The summed E-state index contributed by atoms with van der Waals surface area (Å²) in [6.45, 7) is 0. The normalized spacial score (nSPS) is 7.73. The minimum Gasteiger partial charge on any atom is -0.759 e. The van der Waals surface area contributed by atoms with Gasteiger partial charge in [-0.2, -0.15) is 0 Å². The van der Waals surface area contributed by atoms with E-state index in [-0.39, 0.29) is 59.1 Å². The van der Waals surface area contributed by atoms with Gasteiger partial charge < -0.3 is 24.2 Å². The van der Waals surface area contributed by atoms with Crippen molar-refractivity contribution in [2.75, 3.05) is 0 Å². The molecule has 0 heterocycles. The largest absolute Gasteiger partial charge is 1.00 e. The van der Waals surface area contributed by atoms with Crippen molar-refractivity contribution >= 4 is 17.7 Å². The zero-order chi connectivity index (χ0) is 8.08. The van der Waals surface area contributed by atoms with Gasteiger partial charge in [0.15, 0.2) is 0 Å². The van der Waals surface area contributed by atoms with Gasteiger partial charge in [0.25, 0.3) is 0 Å². The van der Waals surface area contributed by atoms with Crippen LogP contribution in [0.3, 0.4) is 0 Å². The van der Waals surface area contributed by atoms with Gasteiger partial charge in [0.1, 0.15) is 0 Å². The molecule has 7 nitrogen and oxygen atoms in total. The molecule has 0 rings (SSSR count). The Morgan fingerprint density at radius 2 is 1.00 bits per heavy atom. The second kappa shape index (κ2) is 11.8. The van der Waals surface area contributed by atoms with Crippen molar-refractivity contribution < 1.29 is 91.7 Å². The molecule has 0 aliphatic carbocycles. The Morgan fingerprint density at radius 3 is 1.00 bits per heavy atom. The molecule has 0 aromatic carbocycles. The topological polar surface area (TPSA) is 141 Å². The first kappa shape index (κ1) is 23.0. The van der Waals surface area contributed by atoms with Gasteiger partial charge in [0.2, 0.25) is 0 Å². The number of hydrogen-bond acceptors (Lipinski definition) is 7. The summed E-state index contributed by atoms with van der Waals surface area (Å²) in [5.41, 5.74) is 0. The fourth-order valence-electron chi connectivity index (χ4n) is 0. The molecule has 0 atom stereocenters. The van der Waals surface area contributed by atoms with Crippen LogP contribution in [0, 0.1) is 0 Å². The summed E-state index contributed by atoms with van der Waals surface area (Å²) in [4.78, 5) is 0. The summed E-state index contributed by atoms with van der Waals surface area (Å²) in [7, 11) is -7.33. The van der Waals surface area contributed by atoms with E-state index in [1.54, 1.807) is 0 Å². The molecule has 0 radical (unpaired) electrons. The maximum absolute atomic E-state index is 8.52. The smallest absolute Gasteiger partial charge is 0.759 e. The van der Waals surface area contributed by atoms with E-state index < -0.39 is 17.7 Å². The summed E-state index contributed by atoms with van der Waals surface area (Å²) in [6, 6.07) is 0. The van der Waals surface area contributed by atoms with Crippen LogP contribution in [0.25, 0.3) is 0 Å². The Balaban J connectivity index is -0.0000000383. The maximum Gasteiger partial charge on any atom is 1.00 e. The van der Waals surface area contributed by atoms with Crippen molar-refractivity contribution in [3.05, 3.63) is 0 Å². The molecule has 0 amide bonds. The van der Waals surface area contributed by atoms with Crippen LogP contribution < -0.4 is 59.1 Å². The zero-order valence-electron chi connectivity index (χ0n) is 5.96. The Morgan fingerprint density at radius 1 is 1.00 bits per heavy atom. The molecule has 0 saturated carbocycles. The van der Waals surface area contributed by atoms with Gasteiger partial charge in [-0.3, -0.25) is 8.42 Å². The van der Waals surface area contributed by atoms with Crippen LogP contribution in [0.15, 0.2) is 0 Å². The van der Waals surface area contributed by atoms with E-state index in [1.165, 1.54) is 0 Å². The molecule has 3 N–H and O–H groups in total. The molecule has 0 unspecified atom stereocenters. The summed E-state index contributed by atoms with van der Waals surface area (Å²) < 4.78 is 34.1. The Hall–Kier alpha value is 1.81. The molecule has 0 aliphatic rings. The summed E-state index contributed by atoms with van der Waals surface area (Å²) in [6.07, 6.45) is 0. The molecule has 0 bridgehead atoms. The van der Waals surface area contributed by atoms with Crippen molar-refractivity contribution in [2.45, 2.75) is 0 Å². The van der Waals surface area contributed by atoms with Crippen molar-refractivity contribution in [3.63, 3.8) is 0 Å². The maximum atomic E-state index is 8.52. The minimum atomic E-state index is -5.17. The van der Waals surface area contributed by atoms with Gasteiger partial charge in [-0.25, -0.2) is 0 Å². The third kappa shape index (κ3) is 346. The van der Waals surface area contributed by atoms with E-state index in [1.807, 2.05) is 0 Å². The van der Waals surface area contributed by atoms with E-state index in [4.69, 9.17) is 32.6 Å². The molecule has 11 heteroatoms. The fraction of sp³-hybridized carbons (Fsp3) is 0. The Labute approximate surface area is 108 Å². The summed E-state index contributed by atoms with van der Waals surface area (Å²) in [5.74, 6) is 0. The molecule has 0 aliphatic heterocycles. The average Bonchev–Trinajstić information content (AvgIpc) is 1.19. The number of rotatable bonds is 0. The van der Waals surface area contributed by atoms with E-state index in [9.17, 15) is 0 Å². The van der Waals surface area contributed by atoms with E-state index in [2.05, 4.69) is 0 Å². The monoisotopic (exact) mass is 204 g/mol. The van der Waals surface area contributed by atoms with Gasteiger partial charge in [0.05, 0.1) is 0 Å². The first-order valence-corrected chi connectivity index (χ1v) is 2.77. The van der Waals surface area contributed by atoms with Gasteiger partial charge in [-0.15, -0.1) is 0 Å². The van der Waals surface area contributed by atoms with Crippen LogP contribution in [0.2, 0.25) is 0 Å². The predicted molar refractivity (Wildman–Crippen MR) is 22.9 cm³/mol. The molecule has 56 valence electrons. The summed E-state index contributed by atoms with van der Waals surface area (Å²) in [5, 5.41) is 21.5. The van der Waals surface area contributed by atoms with Crippen LogP contribution in [-0.2, 0) is 10.4 Å². The molecule has 0 fully saturated rings. The Kier molecular flexibility index (Phi) is 24.7. The molecule has 0 aromatic rings. The van der Waals surface area contributed by atoms with Crippen molar-refractivity contribution in [1.29, 1.82) is 0 Å². The third-order valence-corrected chi connectivity index (χ3v) is 0. The predicted octanol–water partition coefficient (Wildman–Crippen LogP) is -9.38. The van der Waals surface area contributed by atoms with Crippen molar-refractivity contribution in [3.8, 4) is 0 Å². The quantitative estimate of drug-likeness (QED) is 0.202. The van der Waals surface area contributed by atoms with Crippen LogP contribution in [-0.4, -0.2) is 39.9 Å². The molecule has 0 saturated heterocycles. The van der Waals surface area contributed by atoms with Crippen molar-refractivity contribution in [1.82, 2.24) is 0 Å². The molecule has 0 aromatic heterocycles. The first-order chi connectivity index (χ1) is 3.73. The van der Waals surface area contributed by atoms with Gasteiger partial charge in [-0.1, -0.05) is 0 Å². The standard InChI is InChI=1S/BH3O3.2Na.H2O4S/c2-1(3)4;;;1-5(2,3)4/h2-4H;;;(H2,1,2,3,4)/q;2*+1;/p-2. The third-order valence-electron chi connectivity index (χ3n) is 0. The molecule has 0 spiro atoms. The molecule has 11 heavy (non-hydrogen) atoms. The second-order valence-corrected chi connectivity index (χ2v) is 1.57. The zero-order valence-corrected chi connectivity index (χ0v) is 10.8. The van der Waals surface area contributed by atoms with E-state index >= 15 is 0 Å². The number of hydrogen-bond donors (Lipinski definition) is 3. The van der Waals surface area contributed by atoms with Crippen LogP contribution in [0.1, 0.15) is 0 Å². The molecular formula is H3BNa2O7S. The average molecular weight is 204 g/mol. The van der Waals surface area contributed by atoms with E-state index in [0.29, 0.717) is 0 Å². The van der Waals surface area contributed by atoms with Gasteiger partial charge in [-0.05, 0) is 0 Å². The van der Waals surface area contributed by atoms with E-state index in [0.717, 1.165) is 0 Å². The van der Waals surface area contributed by atoms with Crippen molar-refractivity contribution in [2.24, 2.45) is 0 Å². The Bertz CT molecular complexity index is 128. The second-order valence-electron chi connectivity index (χ2n) is 0.755. The van der Waals surface area contributed by atoms with Gasteiger partial charge in [0, 0.05) is 10.4 Å². The van der Waals surface area contributed by atoms with Crippen LogP contribution >= 0.6 is 0 Å². The summed E-state index contributed by atoms with van der Waals surface area (Å²) >= 11 is 0. The first-order valence-electron chi connectivity index (χ1n) is 1.44. The fourth-order valence-corrected chi connectivity index (χ4v) is 0. The minimum absolute atomic E-state index is 0. The van der Waals surface area contributed by atoms with Gasteiger partial charge >= 0.3 is 66.4 Å². The van der Waals surface area contributed by atoms with Crippen LogP contribution in [0.5, 0.6) is 0 Å². The SMILES string of the molecule is O=S(=O)([O-])[O-].OB(O)O.[Na+].[Na+]. The molecular weight excluding hydrogens is 201 g/mol.